The Balaban J connectivity index is 1.37. The Morgan fingerprint density at radius 2 is 1.80 bits per heavy atom. The Kier molecular flexibility index (Phi) is 4.41. The second-order valence-electron chi connectivity index (χ2n) is 6.68. The number of aromatic nitrogens is 5. The molecule has 0 fully saturated rings. The van der Waals surface area contributed by atoms with Crippen molar-refractivity contribution < 1.29 is 4.79 Å². The second-order valence-corrected chi connectivity index (χ2v) is 6.68. The molecule has 0 unspecified atom stereocenters. The van der Waals surface area contributed by atoms with Gasteiger partial charge in [0.25, 0.3) is 5.91 Å². The molecule has 0 spiro atoms. The van der Waals surface area contributed by atoms with Crippen LogP contribution in [0.4, 0.5) is 5.82 Å². The molecule has 30 heavy (non-hydrogen) atoms. The minimum atomic E-state index is -0.242. The predicted molar refractivity (Wildman–Crippen MR) is 114 cm³/mol. The molecular formula is C22H17N7O. The van der Waals surface area contributed by atoms with Gasteiger partial charge in [0, 0.05) is 52.4 Å². The number of H-pyrrole nitrogens is 2. The van der Waals surface area contributed by atoms with Gasteiger partial charge < -0.3 is 4.98 Å². The van der Waals surface area contributed by atoms with E-state index < -0.39 is 0 Å². The molecule has 1 aromatic carbocycles. The zero-order valence-electron chi connectivity index (χ0n) is 15.8. The maximum Gasteiger partial charge on any atom is 0.269 e. The van der Waals surface area contributed by atoms with E-state index in [4.69, 9.17) is 0 Å². The first-order chi connectivity index (χ1) is 14.8. The molecule has 8 nitrogen and oxygen atoms in total. The maximum absolute atomic E-state index is 12.4. The number of carbonyl (C=O) groups is 1. The third kappa shape index (κ3) is 3.37. The van der Waals surface area contributed by atoms with Crippen LogP contribution in [0.5, 0.6) is 0 Å². The summed E-state index contributed by atoms with van der Waals surface area (Å²) in [5.74, 6) is 0.329. The van der Waals surface area contributed by atoms with Crippen LogP contribution in [0, 0.1) is 0 Å². The smallest absolute Gasteiger partial charge is 0.269 e. The molecule has 1 amide bonds. The summed E-state index contributed by atoms with van der Waals surface area (Å²) in [6.45, 7) is 0. The van der Waals surface area contributed by atoms with Gasteiger partial charge in [0.15, 0.2) is 0 Å². The van der Waals surface area contributed by atoms with E-state index >= 15 is 0 Å². The lowest BCUT2D eigenvalue weighted by Crippen LogP contribution is -2.29. The Morgan fingerprint density at radius 3 is 2.57 bits per heavy atom. The third-order valence-corrected chi connectivity index (χ3v) is 4.79. The lowest BCUT2D eigenvalue weighted by atomic mass is 10.0. The van der Waals surface area contributed by atoms with Crippen LogP contribution in [0.1, 0.15) is 10.4 Å². The summed E-state index contributed by atoms with van der Waals surface area (Å²) in [7, 11) is 0. The summed E-state index contributed by atoms with van der Waals surface area (Å²) >= 11 is 0. The number of benzene rings is 1. The average Bonchev–Trinajstić information content (AvgIpc) is 3.47. The monoisotopic (exact) mass is 395 g/mol. The summed E-state index contributed by atoms with van der Waals surface area (Å²) < 4.78 is 0. The van der Waals surface area contributed by atoms with Crippen LogP contribution < -0.4 is 10.9 Å². The van der Waals surface area contributed by atoms with Crippen molar-refractivity contribution >= 4 is 22.8 Å². The lowest BCUT2D eigenvalue weighted by molar-refractivity contribution is 0.0962. The largest absolute Gasteiger partial charge is 0.346 e. The number of fused-ring (bicyclic) bond motifs is 1. The number of amides is 1. The number of nitrogens with zero attached hydrogens (tertiary/aromatic N) is 3. The van der Waals surface area contributed by atoms with Crippen LogP contribution in [0.3, 0.4) is 0 Å². The molecule has 5 aromatic rings. The minimum Gasteiger partial charge on any atom is -0.346 e. The van der Waals surface area contributed by atoms with Crippen LogP contribution in [0.15, 0.2) is 79.5 Å². The zero-order valence-corrected chi connectivity index (χ0v) is 15.8. The number of hydrogen-bond donors (Lipinski definition) is 4. The first-order valence-corrected chi connectivity index (χ1v) is 9.32. The van der Waals surface area contributed by atoms with Crippen LogP contribution in [-0.2, 0) is 0 Å². The van der Waals surface area contributed by atoms with Crippen LogP contribution >= 0.6 is 0 Å². The molecule has 5 rings (SSSR count). The predicted octanol–water partition coefficient (Wildman–Crippen LogP) is 3.77. The maximum atomic E-state index is 12.4. The van der Waals surface area contributed by atoms with Gasteiger partial charge in [-0.1, -0.05) is 18.2 Å². The first-order valence-electron chi connectivity index (χ1n) is 9.32. The van der Waals surface area contributed by atoms with Gasteiger partial charge >= 0.3 is 0 Å². The quantitative estimate of drug-likeness (QED) is 0.339. The molecule has 146 valence electrons. The van der Waals surface area contributed by atoms with E-state index in [-0.39, 0.29) is 5.91 Å². The average molecular weight is 395 g/mol. The number of aromatic amines is 2. The molecule has 8 heteroatoms. The summed E-state index contributed by atoms with van der Waals surface area (Å²) in [6, 6.07) is 14.9. The summed E-state index contributed by atoms with van der Waals surface area (Å²) in [6.07, 6.45) is 9.02. The number of anilines is 1. The van der Waals surface area contributed by atoms with Crippen molar-refractivity contribution in [2.24, 2.45) is 0 Å². The molecule has 0 saturated heterocycles. The van der Waals surface area contributed by atoms with Gasteiger partial charge in [0.05, 0.1) is 6.20 Å². The normalized spacial score (nSPS) is 10.8. The number of rotatable bonds is 5. The van der Waals surface area contributed by atoms with E-state index in [1.54, 1.807) is 30.6 Å². The highest BCUT2D eigenvalue weighted by molar-refractivity contribution is 5.97. The van der Waals surface area contributed by atoms with Gasteiger partial charge in [-0.05, 0) is 35.9 Å². The van der Waals surface area contributed by atoms with E-state index in [0.717, 1.165) is 33.3 Å². The molecule has 4 N–H and O–H groups in total. The van der Waals surface area contributed by atoms with Crippen molar-refractivity contribution in [1.82, 2.24) is 30.6 Å². The molecule has 0 atom stereocenters. The molecule has 0 radical (unpaired) electrons. The standard InChI is InChI=1S/C22H17N7O/c30-22(29-28-20-3-1-2-8-23-20)15-6-4-14(5-7-15)16-9-18-19(17-11-26-27-12-17)13-25-21(18)24-10-16/h1-13H,(H,23,28)(H,24,25)(H,26,27)(H,29,30). The fourth-order valence-electron chi connectivity index (χ4n) is 3.24. The van der Waals surface area contributed by atoms with Gasteiger partial charge in [-0.15, -0.1) is 0 Å². The van der Waals surface area contributed by atoms with Gasteiger partial charge in [-0.3, -0.25) is 20.7 Å². The van der Waals surface area contributed by atoms with Crippen LogP contribution in [-0.4, -0.2) is 31.1 Å². The van der Waals surface area contributed by atoms with Crippen LogP contribution in [0.2, 0.25) is 0 Å². The van der Waals surface area contributed by atoms with Crippen molar-refractivity contribution in [2.45, 2.75) is 0 Å². The van der Waals surface area contributed by atoms with Crippen molar-refractivity contribution in [3.63, 3.8) is 0 Å². The second kappa shape index (κ2) is 7.51. The SMILES string of the molecule is O=C(NNc1ccccn1)c1ccc(-c2cnc3[nH]cc(-c4cn[nH]c4)c3c2)cc1. The van der Waals surface area contributed by atoms with Crippen molar-refractivity contribution in [3.05, 3.63) is 85.1 Å². The fraction of sp³-hybridized carbons (Fsp3) is 0. The molecule has 0 saturated carbocycles. The molecule has 0 aliphatic heterocycles. The Hall–Kier alpha value is -4.46. The zero-order chi connectivity index (χ0) is 20.3. The van der Waals surface area contributed by atoms with Crippen molar-refractivity contribution in [3.8, 4) is 22.3 Å². The highest BCUT2D eigenvalue weighted by atomic mass is 16.2. The number of carbonyl (C=O) groups excluding carboxylic acids is 1. The van der Waals surface area contributed by atoms with E-state index in [2.05, 4.69) is 42.1 Å². The highest BCUT2D eigenvalue weighted by Gasteiger charge is 2.11. The number of hydrazine groups is 1. The molecular weight excluding hydrogens is 378 g/mol. The summed E-state index contributed by atoms with van der Waals surface area (Å²) in [5.41, 5.74) is 10.7. The minimum absolute atomic E-state index is 0.242. The first kappa shape index (κ1) is 17.6. The van der Waals surface area contributed by atoms with Gasteiger partial charge in [0.1, 0.15) is 11.5 Å². The van der Waals surface area contributed by atoms with Crippen molar-refractivity contribution in [2.75, 3.05) is 5.43 Å². The molecule has 4 aromatic heterocycles. The number of hydrogen-bond acceptors (Lipinski definition) is 5. The van der Waals surface area contributed by atoms with Gasteiger partial charge in [0.2, 0.25) is 0 Å². The van der Waals surface area contributed by atoms with Gasteiger partial charge in [-0.25, -0.2) is 9.97 Å². The number of nitrogens with one attached hydrogen (secondary N) is 4. The topological polar surface area (TPSA) is 111 Å². The summed E-state index contributed by atoms with van der Waals surface area (Å²) in [5, 5.41) is 7.86. The fourth-order valence-corrected chi connectivity index (χ4v) is 3.24. The van der Waals surface area contributed by atoms with E-state index in [1.807, 2.05) is 42.9 Å². The third-order valence-electron chi connectivity index (χ3n) is 4.79. The summed E-state index contributed by atoms with van der Waals surface area (Å²) in [4.78, 5) is 24.2. The molecule has 0 aliphatic carbocycles. The molecule has 4 heterocycles. The molecule has 0 bridgehead atoms. The van der Waals surface area contributed by atoms with E-state index in [0.29, 0.717) is 11.4 Å². The van der Waals surface area contributed by atoms with Crippen molar-refractivity contribution in [1.29, 1.82) is 0 Å². The van der Waals surface area contributed by atoms with Gasteiger partial charge in [-0.2, -0.15) is 5.10 Å². The Labute approximate surface area is 171 Å². The molecule has 0 aliphatic rings. The van der Waals surface area contributed by atoms with E-state index in [9.17, 15) is 4.79 Å². The Bertz CT molecular complexity index is 1290. The van der Waals surface area contributed by atoms with E-state index in [1.165, 1.54) is 0 Å². The van der Waals surface area contributed by atoms with Crippen LogP contribution in [0.25, 0.3) is 33.3 Å². The number of pyridine rings is 2. The lowest BCUT2D eigenvalue weighted by Gasteiger charge is -2.08. The Morgan fingerprint density at radius 1 is 0.900 bits per heavy atom. The highest BCUT2D eigenvalue weighted by Crippen LogP contribution is 2.30.